The van der Waals surface area contributed by atoms with Gasteiger partial charge in [-0.05, 0) is 32.1 Å². The first-order chi connectivity index (χ1) is 8.82. The molecule has 0 bridgehead atoms. The third-order valence-electron chi connectivity index (χ3n) is 2.52. The van der Waals surface area contributed by atoms with Crippen molar-refractivity contribution in [1.82, 2.24) is 5.48 Å². The zero-order chi connectivity index (χ0) is 14.2. The number of benzene rings is 1. The molecule has 1 aliphatic heterocycles. The topological polar surface area (TPSA) is 38.3 Å². The molecular weight excluding hydrogens is 312 g/mol. The average molecular weight is 324 g/mol. The van der Waals surface area contributed by atoms with E-state index in [2.05, 4.69) is 5.48 Å². The van der Waals surface area contributed by atoms with Crippen molar-refractivity contribution in [2.75, 3.05) is 0 Å². The molecule has 1 N–H and O–H groups in total. The highest BCUT2D eigenvalue weighted by Gasteiger charge is 2.32. The van der Waals surface area contributed by atoms with E-state index in [4.69, 9.17) is 28.0 Å². The molecule has 104 valence electrons. The lowest BCUT2D eigenvalue weighted by molar-refractivity contribution is -0.0128. The molecule has 0 aliphatic carbocycles. The molecule has 1 aromatic carbocycles. The Bertz CT molecular complexity index is 542. The van der Waals surface area contributed by atoms with Crippen LogP contribution in [0.4, 0.5) is 4.39 Å². The maximum absolute atomic E-state index is 13.7. The van der Waals surface area contributed by atoms with Crippen molar-refractivity contribution < 1.29 is 13.4 Å². The molecule has 19 heavy (non-hydrogen) atoms. The first-order valence-corrected chi connectivity index (χ1v) is 7.50. The Kier molecular flexibility index (Phi) is 4.20. The van der Waals surface area contributed by atoms with E-state index < -0.39 is 26.9 Å². The number of nitrogens with one attached hydrogen (secondary N) is 1. The van der Waals surface area contributed by atoms with E-state index >= 15 is 0 Å². The molecule has 0 fully saturated rings. The second kappa shape index (κ2) is 5.40. The van der Waals surface area contributed by atoms with Gasteiger partial charge in [0.05, 0.1) is 10.8 Å². The highest BCUT2D eigenvalue weighted by Crippen LogP contribution is 2.36. The summed E-state index contributed by atoms with van der Waals surface area (Å²) < 4.78 is 24.9. The normalized spacial score (nSPS) is 20.6. The lowest BCUT2D eigenvalue weighted by Gasteiger charge is -2.13. The van der Waals surface area contributed by atoms with E-state index in [-0.39, 0.29) is 10.6 Å². The summed E-state index contributed by atoms with van der Waals surface area (Å²) >= 11 is 12.0. The Morgan fingerprint density at radius 2 is 2.16 bits per heavy atom. The van der Waals surface area contributed by atoms with Crippen LogP contribution >= 0.6 is 23.2 Å². The Morgan fingerprint density at radius 3 is 2.68 bits per heavy atom. The number of alkyl halides is 1. The fraction of sp³-hybridized carbons (Fsp3) is 0.333. The minimum atomic E-state index is -1.69. The summed E-state index contributed by atoms with van der Waals surface area (Å²) in [5.74, 6) is -0.584. The summed E-state index contributed by atoms with van der Waals surface area (Å²) in [7, 11) is -1.69. The first kappa shape index (κ1) is 14.8. The molecule has 0 radical (unpaired) electrons. The van der Waals surface area contributed by atoms with Crippen LogP contribution < -0.4 is 5.48 Å². The van der Waals surface area contributed by atoms with Gasteiger partial charge in [-0.2, -0.15) is 0 Å². The van der Waals surface area contributed by atoms with Crippen LogP contribution in [0, 0.1) is 5.82 Å². The quantitative estimate of drug-likeness (QED) is 0.863. The van der Waals surface area contributed by atoms with Crippen LogP contribution in [-0.2, 0) is 15.6 Å². The summed E-state index contributed by atoms with van der Waals surface area (Å²) in [6.07, 6.45) is 1.65. The number of hydrogen-bond donors (Lipinski definition) is 1. The van der Waals surface area contributed by atoms with E-state index in [1.54, 1.807) is 19.9 Å². The van der Waals surface area contributed by atoms with Gasteiger partial charge in [0.25, 0.3) is 0 Å². The van der Waals surface area contributed by atoms with E-state index in [0.717, 1.165) is 0 Å². The van der Waals surface area contributed by atoms with Gasteiger partial charge in [0.2, 0.25) is 0 Å². The largest absolute Gasteiger partial charge is 0.265 e. The third kappa shape index (κ3) is 3.11. The molecule has 1 aliphatic rings. The van der Waals surface area contributed by atoms with Crippen LogP contribution in [0.5, 0.6) is 0 Å². The molecule has 2 atom stereocenters. The van der Waals surface area contributed by atoms with Crippen LogP contribution in [0.15, 0.2) is 29.3 Å². The van der Waals surface area contributed by atoms with E-state index in [0.29, 0.717) is 5.03 Å². The maximum atomic E-state index is 13.7. The molecule has 0 amide bonds. The van der Waals surface area contributed by atoms with Crippen LogP contribution in [-0.4, -0.2) is 9.81 Å². The van der Waals surface area contributed by atoms with E-state index in [1.165, 1.54) is 18.2 Å². The van der Waals surface area contributed by atoms with E-state index in [1.807, 2.05) is 0 Å². The number of rotatable bonds is 3. The minimum Gasteiger partial charge on any atom is -0.265 e. The SMILES string of the molecule is CC1(C)C=C(S(=O)C(Cl)c2c(F)cccc2Cl)NO1. The van der Waals surface area contributed by atoms with Crippen molar-refractivity contribution in [2.45, 2.75) is 24.2 Å². The summed E-state index contributed by atoms with van der Waals surface area (Å²) in [4.78, 5) is 5.20. The molecule has 0 saturated carbocycles. The maximum Gasteiger partial charge on any atom is 0.144 e. The summed E-state index contributed by atoms with van der Waals surface area (Å²) in [5.41, 5.74) is 1.99. The summed E-state index contributed by atoms with van der Waals surface area (Å²) in [6.45, 7) is 3.59. The highest BCUT2D eigenvalue weighted by molar-refractivity contribution is 7.90. The number of hydroxylamine groups is 1. The summed E-state index contributed by atoms with van der Waals surface area (Å²) in [6, 6.07) is 4.20. The van der Waals surface area contributed by atoms with Crippen molar-refractivity contribution >= 4 is 34.0 Å². The van der Waals surface area contributed by atoms with Crippen LogP contribution in [0.1, 0.15) is 24.1 Å². The van der Waals surface area contributed by atoms with Crippen LogP contribution in [0.2, 0.25) is 5.02 Å². The minimum absolute atomic E-state index is 0.0246. The molecule has 3 nitrogen and oxygen atoms in total. The average Bonchev–Trinajstić information content (AvgIpc) is 2.68. The Balaban J connectivity index is 2.30. The molecule has 7 heteroatoms. The van der Waals surface area contributed by atoms with Crippen molar-refractivity contribution in [3.63, 3.8) is 0 Å². The van der Waals surface area contributed by atoms with Gasteiger partial charge >= 0.3 is 0 Å². The Hall–Kier alpha value is -0.620. The zero-order valence-corrected chi connectivity index (χ0v) is 12.6. The molecule has 2 rings (SSSR count). The molecule has 1 aromatic rings. The monoisotopic (exact) mass is 323 g/mol. The number of halogens is 3. The second-order valence-electron chi connectivity index (χ2n) is 4.56. The van der Waals surface area contributed by atoms with Gasteiger partial charge < -0.3 is 0 Å². The van der Waals surface area contributed by atoms with Crippen molar-refractivity contribution in [3.8, 4) is 0 Å². The molecule has 1 heterocycles. The van der Waals surface area contributed by atoms with Gasteiger partial charge in [-0.1, -0.05) is 17.7 Å². The van der Waals surface area contributed by atoms with E-state index in [9.17, 15) is 8.60 Å². The Labute approximate surface area is 123 Å². The van der Waals surface area contributed by atoms with Crippen molar-refractivity contribution in [1.29, 1.82) is 0 Å². The molecular formula is C12H12Cl2FNO2S. The van der Waals surface area contributed by atoms with Gasteiger partial charge in [0, 0.05) is 10.6 Å². The third-order valence-corrected chi connectivity index (χ3v) is 4.80. The van der Waals surface area contributed by atoms with Gasteiger partial charge in [0.15, 0.2) is 0 Å². The first-order valence-electron chi connectivity index (χ1n) is 5.47. The smallest absolute Gasteiger partial charge is 0.144 e. The van der Waals surface area contributed by atoms with Crippen molar-refractivity contribution in [3.05, 3.63) is 45.7 Å². The predicted molar refractivity (Wildman–Crippen MR) is 74.5 cm³/mol. The van der Waals surface area contributed by atoms with Gasteiger partial charge in [-0.3, -0.25) is 14.5 Å². The van der Waals surface area contributed by atoms with Crippen molar-refractivity contribution in [2.24, 2.45) is 0 Å². The fourth-order valence-electron chi connectivity index (χ4n) is 1.60. The lowest BCUT2D eigenvalue weighted by atomic mass is 10.1. The number of hydrogen-bond acceptors (Lipinski definition) is 3. The Morgan fingerprint density at radius 1 is 1.47 bits per heavy atom. The predicted octanol–water partition coefficient (Wildman–Crippen LogP) is 3.62. The summed E-state index contributed by atoms with van der Waals surface area (Å²) in [5, 5.41) is 0.455. The molecule has 0 aromatic heterocycles. The second-order valence-corrected chi connectivity index (χ2v) is 7.17. The molecule has 0 spiro atoms. The fourth-order valence-corrected chi connectivity index (χ4v) is 3.70. The highest BCUT2D eigenvalue weighted by atomic mass is 35.5. The lowest BCUT2D eigenvalue weighted by Crippen LogP contribution is -2.21. The molecule has 2 unspecified atom stereocenters. The van der Waals surface area contributed by atoms with Gasteiger partial charge in [0.1, 0.15) is 21.2 Å². The standard InChI is InChI=1S/C12H12Cl2FNO2S/c1-12(2)6-9(16-18-12)19(17)11(14)10-7(13)4-3-5-8(10)15/h3-6,11,16H,1-2H3. The zero-order valence-electron chi connectivity index (χ0n) is 10.2. The molecule has 0 saturated heterocycles. The van der Waals surface area contributed by atoms with Gasteiger partial charge in [-0.25, -0.2) is 4.39 Å². The van der Waals surface area contributed by atoms with Crippen LogP contribution in [0.25, 0.3) is 0 Å². The van der Waals surface area contributed by atoms with Gasteiger partial charge in [-0.15, -0.1) is 11.6 Å². The van der Waals surface area contributed by atoms with Crippen LogP contribution in [0.3, 0.4) is 0 Å².